The minimum atomic E-state index is -0.0154. The molecule has 0 unspecified atom stereocenters. The van der Waals surface area contributed by atoms with Crippen LogP contribution in [0.2, 0.25) is 0 Å². The highest BCUT2D eigenvalue weighted by Gasteiger charge is 2.57. The van der Waals surface area contributed by atoms with Crippen LogP contribution in [0.5, 0.6) is 0 Å². The van der Waals surface area contributed by atoms with Crippen LogP contribution in [-0.4, -0.2) is 11.2 Å². The number of hydrogen-bond acceptors (Lipinski definition) is 1. The van der Waals surface area contributed by atoms with Gasteiger partial charge in [-0.15, -0.1) is 0 Å². The summed E-state index contributed by atoms with van der Waals surface area (Å²) in [7, 11) is 0. The zero-order valence-corrected chi connectivity index (χ0v) is 12.5. The van der Waals surface area contributed by atoms with Gasteiger partial charge < -0.3 is 5.11 Å². The lowest BCUT2D eigenvalue weighted by Crippen LogP contribution is -2.42. The second kappa shape index (κ2) is 4.23. The molecule has 0 aliphatic heterocycles. The quantitative estimate of drug-likeness (QED) is 0.743. The lowest BCUT2D eigenvalue weighted by atomic mass is 9.60. The summed E-state index contributed by atoms with van der Waals surface area (Å²) in [6.45, 7) is 9.66. The molecule has 1 heteroatoms. The molecule has 104 valence electrons. The first-order valence-electron chi connectivity index (χ1n) is 8.11. The number of fused-ring (bicyclic) bond motifs is 2. The Bertz CT molecular complexity index is 318. The third-order valence-corrected chi connectivity index (χ3v) is 7.30. The van der Waals surface area contributed by atoms with Gasteiger partial charge >= 0.3 is 0 Å². The Morgan fingerprint density at radius 2 is 1.61 bits per heavy atom. The smallest absolute Gasteiger partial charge is 0.0596 e. The van der Waals surface area contributed by atoms with Gasteiger partial charge in [0.15, 0.2) is 0 Å². The molecule has 0 aromatic carbocycles. The summed E-state index contributed by atoms with van der Waals surface area (Å²) in [5, 5.41) is 10.5. The van der Waals surface area contributed by atoms with Gasteiger partial charge in [0.25, 0.3) is 0 Å². The van der Waals surface area contributed by atoms with E-state index >= 15 is 0 Å². The molecule has 1 nitrogen and oxygen atoms in total. The monoisotopic (exact) mass is 250 g/mol. The average molecular weight is 250 g/mol. The van der Waals surface area contributed by atoms with E-state index in [9.17, 15) is 5.11 Å². The molecule has 0 aromatic heterocycles. The molecule has 1 N–H and O–H groups in total. The van der Waals surface area contributed by atoms with E-state index < -0.39 is 0 Å². The summed E-state index contributed by atoms with van der Waals surface area (Å²) in [6.07, 6.45) is 6.69. The van der Waals surface area contributed by atoms with E-state index in [1.54, 1.807) is 0 Å². The third-order valence-electron chi connectivity index (χ3n) is 7.30. The maximum absolute atomic E-state index is 10.5. The Balaban J connectivity index is 1.76. The molecule has 0 amide bonds. The lowest BCUT2D eigenvalue weighted by molar-refractivity contribution is -0.0365. The summed E-state index contributed by atoms with van der Waals surface area (Å²) >= 11 is 0. The molecule has 3 rings (SSSR count). The van der Waals surface area contributed by atoms with Crippen LogP contribution < -0.4 is 0 Å². The molecule has 0 aromatic rings. The van der Waals surface area contributed by atoms with E-state index in [1.807, 2.05) is 0 Å². The molecule has 0 heterocycles. The van der Waals surface area contributed by atoms with Crippen LogP contribution in [-0.2, 0) is 0 Å². The van der Waals surface area contributed by atoms with Crippen molar-refractivity contribution >= 4 is 0 Å². The van der Waals surface area contributed by atoms with Gasteiger partial charge in [0.05, 0.1) is 6.10 Å². The van der Waals surface area contributed by atoms with Crippen LogP contribution in [0, 0.1) is 40.9 Å². The van der Waals surface area contributed by atoms with Crippen molar-refractivity contribution in [2.75, 3.05) is 0 Å². The predicted molar refractivity (Wildman–Crippen MR) is 75.2 cm³/mol. The predicted octanol–water partition coefficient (Wildman–Crippen LogP) is 4.10. The molecule has 3 fully saturated rings. The Labute approximate surface area is 112 Å². The number of aliphatic hydroxyl groups excluding tert-OH is 1. The molecule has 7 atom stereocenters. The van der Waals surface area contributed by atoms with Crippen LogP contribution >= 0.6 is 0 Å². The molecule has 0 saturated heterocycles. The normalized spacial score (nSPS) is 54.8. The molecule has 18 heavy (non-hydrogen) atoms. The first-order valence-corrected chi connectivity index (χ1v) is 8.11. The van der Waals surface area contributed by atoms with Crippen molar-refractivity contribution in [1.82, 2.24) is 0 Å². The van der Waals surface area contributed by atoms with Gasteiger partial charge in [-0.05, 0) is 66.6 Å². The van der Waals surface area contributed by atoms with Gasteiger partial charge in [0, 0.05) is 0 Å². The molecule has 3 aliphatic rings. The zero-order valence-electron chi connectivity index (χ0n) is 12.5. The van der Waals surface area contributed by atoms with E-state index in [4.69, 9.17) is 0 Å². The van der Waals surface area contributed by atoms with Crippen molar-refractivity contribution in [2.45, 2.75) is 65.9 Å². The Morgan fingerprint density at radius 3 is 2.22 bits per heavy atom. The number of rotatable bonds is 1. The molecule has 0 radical (unpaired) electrons. The maximum atomic E-state index is 10.5. The van der Waals surface area contributed by atoms with Crippen molar-refractivity contribution in [3.05, 3.63) is 0 Å². The first-order chi connectivity index (χ1) is 8.43. The summed E-state index contributed by atoms with van der Waals surface area (Å²) in [4.78, 5) is 0. The minimum Gasteiger partial charge on any atom is -0.393 e. The number of aliphatic hydroxyl groups is 1. The van der Waals surface area contributed by atoms with Gasteiger partial charge in [-0.25, -0.2) is 0 Å². The van der Waals surface area contributed by atoms with Crippen molar-refractivity contribution in [2.24, 2.45) is 40.9 Å². The van der Waals surface area contributed by atoms with Crippen molar-refractivity contribution in [3.8, 4) is 0 Å². The molecule has 3 saturated carbocycles. The highest BCUT2D eigenvalue weighted by atomic mass is 16.3. The van der Waals surface area contributed by atoms with Crippen molar-refractivity contribution in [3.63, 3.8) is 0 Å². The van der Waals surface area contributed by atoms with Crippen LogP contribution in [0.25, 0.3) is 0 Å². The van der Waals surface area contributed by atoms with Gasteiger partial charge in [-0.3, -0.25) is 0 Å². The Hall–Kier alpha value is -0.0400. The largest absolute Gasteiger partial charge is 0.393 e. The van der Waals surface area contributed by atoms with E-state index in [2.05, 4.69) is 27.7 Å². The standard InChI is InChI=1S/C17H30O/c1-10-6-5-7-13(16(10)18)15-9-12-8-14(15)11(2)17(12,3)4/h10-16,18H,5-9H2,1-4H3/t10-,11-,12+,13-,14-,15+,16-/m0/s1. The van der Waals surface area contributed by atoms with Gasteiger partial charge in [-0.2, -0.15) is 0 Å². The Morgan fingerprint density at radius 1 is 0.944 bits per heavy atom. The van der Waals surface area contributed by atoms with Crippen LogP contribution in [0.4, 0.5) is 0 Å². The van der Waals surface area contributed by atoms with Crippen LogP contribution in [0.1, 0.15) is 59.8 Å². The van der Waals surface area contributed by atoms with Gasteiger partial charge in [0.1, 0.15) is 0 Å². The molecular weight excluding hydrogens is 220 g/mol. The summed E-state index contributed by atoms with van der Waals surface area (Å²) in [5.41, 5.74) is 0.548. The SMILES string of the molecule is C[C@H]1CCC[C@@H]([C@H]2C[C@H]3C[C@H]2[C@H](C)C3(C)C)[C@H]1O. The van der Waals surface area contributed by atoms with E-state index in [1.165, 1.54) is 32.1 Å². The maximum Gasteiger partial charge on any atom is 0.0596 e. The van der Waals surface area contributed by atoms with E-state index in [-0.39, 0.29) is 6.10 Å². The summed E-state index contributed by atoms with van der Waals surface area (Å²) < 4.78 is 0. The summed E-state index contributed by atoms with van der Waals surface area (Å²) in [6, 6.07) is 0. The fourth-order valence-corrected chi connectivity index (χ4v) is 5.61. The van der Waals surface area contributed by atoms with E-state index in [0.29, 0.717) is 17.3 Å². The third kappa shape index (κ3) is 1.69. The topological polar surface area (TPSA) is 20.2 Å². The average Bonchev–Trinajstić information content (AvgIpc) is 2.83. The van der Waals surface area contributed by atoms with Crippen molar-refractivity contribution < 1.29 is 5.11 Å². The Kier molecular flexibility index (Phi) is 3.05. The van der Waals surface area contributed by atoms with E-state index in [0.717, 1.165) is 23.7 Å². The molecule has 3 aliphatic carbocycles. The zero-order chi connectivity index (χ0) is 13.1. The fourth-order valence-electron chi connectivity index (χ4n) is 5.61. The van der Waals surface area contributed by atoms with Gasteiger partial charge in [0.2, 0.25) is 0 Å². The van der Waals surface area contributed by atoms with Crippen LogP contribution in [0.3, 0.4) is 0 Å². The molecular formula is C17H30O. The van der Waals surface area contributed by atoms with Crippen molar-refractivity contribution in [1.29, 1.82) is 0 Å². The summed E-state index contributed by atoms with van der Waals surface area (Å²) in [5.74, 6) is 4.65. The molecule has 0 spiro atoms. The lowest BCUT2D eigenvalue weighted by Gasteiger charge is -2.46. The number of hydrogen-bond donors (Lipinski definition) is 1. The van der Waals surface area contributed by atoms with Gasteiger partial charge in [-0.1, -0.05) is 34.1 Å². The first kappa shape index (κ1) is 13.0. The fraction of sp³-hybridized carbons (Fsp3) is 1.00. The second-order valence-electron chi connectivity index (χ2n) is 8.17. The highest BCUT2D eigenvalue weighted by Crippen LogP contribution is 2.64. The second-order valence-corrected chi connectivity index (χ2v) is 8.17. The van der Waals surface area contributed by atoms with Crippen LogP contribution in [0.15, 0.2) is 0 Å². The highest BCUT2D eigenvalue weighted by molar-refractivity contribution is 5.06. The minimum absolute atomic E-state index is 0.0154. The molecule has 2 bridgehead atoms.